The predicted molar refractivity (Wildman–Crippen MR) is 187 cm³/mol. The molecule has 0 radical (unpaired) electrons. The van der Waals surface area contributed by atoms with Gasteiger partial charge in [-0.05, 0) is 64.1 Å². The molecule has 0 bridgehead atoms. The molecule has 0 saturated carbocycles. The van der Waals surface area contributed by atoms with Gasteiger partial charge in [0.1, 0.15) is 17.8 Å². The summed E-state index contributed by atoms with van der Waals surface area (Å²) in [6.07, 6.45) is 7.52. The van der Waals surface area contributed by atoms with E-state index in [1.165, 1.54) is 4.90 Å². The largest absolute Gasteiger partial charge is 0.457 e. The van der Waals surface area contributed by atoms with Crippen molar-refractivity contribution in [3.8, 4) is 0 Å². The molecule has 0 aromatic heterocycles. The number of epoxide rings is 1. The van der Waals surface area contributed by atoms with Crippen molar-refractivity contribution in [2.75, 3.05) is 47.3 Å². The summed E-state index contributed by atoms with van der Waals surface area (Å²) in [5, 5.41) is 22.0. The number of ether oxygens (including phenoxy) is 4. The van der Waals surface area contributed by atoms with Crippen molar-refractivity contribution >= 4 is 18.2 Å². The number of carbonyl (C=O) groups excluding carboxylic acids is 3. The van der Waals surface area contributed by atoms with Crippen LogP contribution < -0.4 is 0 Å². The van der Waals surface area contributed by atoms with Crippen LogP contribution in [0.4, 0.5) is 9.59 Å². The van der Waals surface area contributed by atoms with E-state index in [0.29, 0.717) is 19.5 Å². The SMILES string of the molecule is CCC(OC(=O)N(C)C)C(C)C1OC1CC(C)C=CC=C(C)C1OC(=O)CC(O)CCC(C)(O)C(OC(=O)N2CCN(C)CC2)C=CC1C. The van der Waals surface area contributed by atoms with Gasteiger partial charge >= 0.3 is 18.2 Å². The molecule has 49 heavy (non-hydrogen) atoms. The van der Waals surface area contributed by atoms with Crippen LogP contribution in [-0.2, 0) is 23.7 Å². The first-order valence-corrected chi connectivity index (χ1v) is 17.8. The van der Waals surface area contributed by atoms with Crippen molar-refractivity contribution in [3.63, 3.8) is 0 Å². The number of carbonyl (C=O) groups is 3. The number of aliphatic hydroxyl groups excluding tert-OH is 1. The summed E-state index contributed by atoms with van der Waals surface area (Å²) in [6.45, 7) is 14.1. The highest BCUT2D eigenvalue weighted by atomic mass is 16.6. The molecule has 0 spiro atoms. The summed E-state index contributed by atoms with van der Waals surface area (Å²) in [5.41, 5.74) is -0.654. The minimum absolute atomic E-state index is 0.0390. The Labute approximate surface area is 293 Å². The van der Waals surface area contributed by atoms with Crippen LogP contribution in [-0.4, -0.2) is 133 Å². The van der Waals surface area contributed by atoms with Crippen molar-refractivity contribution in [1.82, 2.24) is 14.7 Å². The molecule has 2 amide bonds. The summed E-state index contributed by atoms with van der Waals surface area (Å²) in [7, 11) is 5.35. The highest BCUT2D eigenvalue weighted by Gasteiger charge is 2.46. The second-order valence-electron chi connectivity index (χ2n) is 14.7. The molecule has 2 saturated heterocycles. The van der Waals surface area contributed by atoms with E-state index in [1.54, 1.807) is 32.0 Å². The van der Waals surface area contributed by atoms with Gasteiger partial charge in [-0.2, -0.15) is 0 Å². The number of nitrogens with zero attached hydrogens (tertiary/aromatic N) is 3. The van der Waals surface area contributed by atoms with Crippen molar-refractivity contribution in [3.05, 3.63) is 36.0 Å². The molecule has 0 aromatic carbocycles. The fraction of sp³-hybridized carbons (Fsp3) is 0.757. The van der Waals surface area contributed by atoms with Crippen LogP contribution in [0.2, 0.25) is 0 Å². The van der Waals surface area contributed by atoms with Gasteiger partial charge in [-0.15, -0.1) is 0 Å². The van der Waals surface area contributed by atoms with E-state index in [1.807, 2.05) is 46.0 Å². The number of rotatable bonds is 10. The van der Waals surface area contributed by atoms with Gasteiger partial charge in [0.15, 0.2) is 6.10 Å². The fourth-order valence-electron chi connectivity index (χ4n) is 6.38. The minimum Gasteiger partial charge on any atom is -0.457 e. The second-order valence-corrected chi connectivity index (χ2v) is 14.7. The maximum absolute atomic E-state index is 13.1. The van der Waals surface area contributed by atoms with Crippen LogP contribution in [0.15, 0.2) is 36.0 Å². The van der Waals surface area contributed by atoms with Crippen LogP contribution in [0.3, 0.4) is 0 Å². The number of esters is 1. The van der Waals surface area contributed by atoms with Crippen LogP contribution in [0.1, 0.15) is 73.6 Å². The molecular formula is C37H61N3O9. The summed E-state index contributed by atoms with van der Waals surface area (Å²) in [5.74, 6) is -0.549. The molecule has 0 aromatic rings. The summed E-state index contributed by atoms with van der Waals surface area (Å²) >= 11 is 0. The second kappa shape index (κ2) is 18.3. The summed E-state index contributed by atoms with van der Waals surface area (Å²) < 4.78 is 23.4. The zero-order chi connectivity index (χ0) is 36.5. The smallest absolute Gasteiger partial charge is 0.410 e. The van der Waals surface area contributed by atoms with Gasteiger partial charge in [0.05, 0.1) is 24.7 Å². The van der Waals surface area contributed by atoms with Crippen LogP contribution >= 0.6 is 0 Å². The van der Waals surface area contributed by atoms with E-state index in [0.717, 1.165) is 25.1 Å². The van der Waals surface area contributed by atoms with Crippen molar-refractivity contribution in [2.45, 2.75) is 116 Å². The normalized spacial score (nSPS) is 32.3. The molecule has 3 heterocycles. The lowest BCUT2D eigenvalue weighted by atomic mass is 9.88. The highest BCUT2D eigenvalue weighted by molar-refractivity contribution is 5.70. The first-order chi connectivity index (χ1) is 23.0. The molecule has 10 unspecified atom stereocenters. The Morgan fingerprint density at radius 2 is 1.86 bits per heavy atom. The molecule has 0 aliphatic carbocycles. The molecule has 10 atom stereocenters. The van der Waals surface area contributed by atoms with Gasteiger partial charge in [0.2, 0.25) is 0 Å². The molecule has 12 heteroatoms. The standard InChI is InChI=1S/C37H61N3O9/c1-10-29(47-35(43)38(7)8)27(5)34-30(46-34)22-24(2)12-11-13-25(3)33-26(4)14-15-31(48-36(44)40-20-18-39(9)19-21-40)37(6,45)17-16-28(41)23-32(42)49-33/h11-15,24,26-31,33-34,41,45H,10,16-23H2,1-9H3. The number of hydrogen-bond acceptors (Lipinski definition) is 10. The third-order valence-corrected chi connectivity index (χ3v) is 9.91. The number of likely N-dealkylation sites (N-methyl/N-ethyl adjacent to an activating group) is 1. The maximum atomic E-state index is 13.1. The molecule has 2 N–H and O–H groups in total. The summed E-state index contributed by atoms with van der Waals surface area (Å²) in [4.78, 5) is 43.2. The van der Waals surface area contributed by atoms with Gasteiger partial charge in [-0.3, -0.25) is 4.79 Å². The van der Waals surface area contributed by atoms with Crippen LogP contribution in [0.5, 0.6) is 0 Å². The quantitative estimate of drug-likeness (QED) is 0.110. The number of aliphatic hydroxyl groups is 2. The number of cyclic esters (lactones) is 1. The predicted octanol–water partition coefficient (Wildman–Crippen LogP) is 4.55. The molecule has 278 valence electrons. The first-order valence-electron chi connectivity index (χ1n) is 17.8. The molecule has 2 fully saturated rings. The van der Waals surface area contributed by atoms with Crippen molar-refractivity contribution in [2.24, 2.45) is 17.8 Å². The average Bonchev–Trinajstić information content (AvgIpc) is 3.81. The Balaban J connectivity index is 1.67. The van der Waals surface area contributed by atoms with Crippen molar-refractivity contribution in [1.29, 1.82) is 0 Å². The monoisotopic (exact) mass is 691 g/mol. The zero-order valence-corrected chi connectivity index (χ0v) is 31.0. The van der Waals surface area contributed by atoms with Gasteiger partial charge in [0.25, 0.3) is 0 Å². The average molecular weight is 692 g/mol. The fourth-order valence-corrected chi connectivity index (χ4v) is 6.38. The van der Waals surface area contributed by atoms with Gasteiger partial charge < -0.3 is 43.9 Å². The van der Waals surface area contributed by atoms with E-state index < -0.39 is 36.0 Å². The third kappa shape index (κ3) is 12.4. The highest BCUT2D eigenvalue weighted by Crippen LogP contribution is 2.37. The molecule has 12 nitrogen and oxygen atoms in total. The molecule has 3 aliphatic heterocycles. The van der Waals surface area contributed by atoms with Crippen LogP contribution in [0, 0.1) is 17.8 Å². The Hall–Kier alpha value is -2.93. The number of hydrogen-bond donors (Lipinski definition) is 2. The van der Waals surface area contributed by atoms with Gasteiger partial charge in [-0.1, -0.05) is 52.0 Å². The number of amides is 2. The van der Waals surface area contributed by atoms with Crippen LogP contribution in [0.25, 0.3) is 0 Å². The van der Waals surface area contributed by atoms with E-state index in [9.17, 15) is 24.6 Å². The lowest BCUT2D eigenvalue weighted by Crippen LogP contribution is -2.50. The van der Waals surface area contributed by atoms with Crippen molar-refractivity contribution < 1.29 is 43.5 Å². The molecule has 3 rings (SSSR count). The van der Waals surface area contributed by atoms with Gasteiger partial charge in [0, 0.05) is 52.1 Å². The molecule has 3 aliphatic rings. The van der Waals surface area contributed by atoms with E-state index in [4.69, 9.17) is 18.9 Å². The lowest BCUT2D eigenvalue weighted by Gasteiger charge is -2.36. The van der Waals surface area contributed by atoms with E-state index in [-0.39, 0.29) is 61.4 Å². The number of allylic oxidation sites excluding steroid dienone is 3. The number of piperazine rings is 1. The summed E-state index contributed by atoms with van der Waals surface area (Å²) in [6, 6.07) is 0. The Morgan fingerprint density at radius 1 is 1.18 bits per heavy atom. The van der Waals surface area contributed by atoms with E-state index >= 15 is 0 Å². The maximum Gasteiger partial charge on any atom is 0.410 e. The third-order valence-electron chi connectivity index (χ3n) is 9.91. The van der Waals surface area contributed by atoms with Gasteiger partial charge in [-0.25, -0.2) is 9.59 Å². The minimum atomic E-state index is -1.46. The first kappa shape index (κ1) is 40.5. The Morgan fingerprint density at radius 3 is 2.49 bits per heavy atom. The topological polar surface area (TPSA) is 142 Å². The van der Waals surface area contributed by atoms with E-state index in [2.05, 4.69) is 24.8 Å². The molecular weight excluding hydrogens is 630 g/mol. The lowest BCUT2D eigenvalue weighted by molar-refractivity contribution is -0.151. The Bertz CT molecular complexity index is 1190. The zero-order valence-electron chi connectivity index (χ0n) is 31.0. The Kier molecular flexibility index (Phi) is 15.2.